The molecule has 5 fully saturated rings. The van der Waals surface area contributed by atoms with Crippen LogP contribution in [0.5, 0.6) is 0 Å². The molecule has 2 nitrogen and oxygen atoms in total. The highest BCUT2D eigenvalue weighted by Gasteiger charge is 2.53. The first kappa shape index (κ1) is 14.1. The van der Waals surface area contributed by atoms with E-state index in [9.17, 15) is 4.79 Å². The van der Waals surface area contributed by atoms with Gasteiger partial charge in [-0.05, 0) is 81.5 Å². The van der Waals surface area contributed by atoms with Gasteiger partial charge in [0, 0.05) is 12.0 Å². The SMILES string of the molecule is C[C@@H](NC(=O)C1CCCCC1)C12CC3CC(CC(C3)C1)C2. The molecule has 0 aliphatic heterocycles. The number of hydrogen-bond acceptors (Lipinski definition) is 1. The van der Waals surface area contributed by atoms with E-state index in [1.165, 1.54) is 57.8 Å². The zero-order chi connectivity index (χ0) is 14.4. The van der Waals surface area contributed by atoms with E-state index in [0.29, 0.717) is 23.3 Å². The van der Waals surface area contributed by atoms with Gasteiger partial charge in [0.25, 0.3) is 0 Å². The van der Waals surface area contributed by atoms with Crippen LogP contribution in [0.25, 0.3) is 0 Å². The largest absolute Gasteiger partial charge is 0.353 e. The van der Waals surface area contributed by atoms with Gasteiger partial charge < -0.3 is 5.32 Å². The third-order valence-corrected chi connectivity index (χ3v) is 7.34. The van der Waals surface area contributed by atoms with Gasteiger partial charge in [-0.3, -0.25) is 4.79 Å². The average Bonchev–Trinajstić information content (AvgIpc) is 2.46. The molecule has 0 heterocycles. The molecule has 1 amide bonds. The second kappa shape index (κ2) is 5.28. The molecule has 2 heteroatoms. The van der Waals surface area contributed by atoms with E-state index in [2.05, 4.69) is 12.2 Å². The molecular formula is C19H31NO. The van der Waals surface area contributed by atoms with Crippen molar-refractivity contribution in [2.45, 2.75) is 83.6 Å². The van der Waals surface area contributed by atoms with Gasteiger partial charge in [0.1, 0.15) is 0 Å². The Kier molecular flexibility index (Phi) is 3.54. The summed E-state index contributed by atoms with van der Waals surface area (Å²) in [7, 11) is 0. The van der Waals surface area contributed by atoms with Crippen LogP contribution in [0.2, 0.25) is 0 Å². The van der Waals surface area contributed by atoms with Crippen LogP contribution in [-0.2, 0) is 4.79 Å². The molecule has 0 unspecified atom stereocenters. The standard InChI is InChI=1S/C19H31NO/c1-13(20-18(21)17-5-3-2-4-6-17)19-10-14-7-15(11-19)9-16(8-14)12-19/h13-17H,2-12H2,1H3,(H,20,21)/t13-,14?,15?,16?,19?/m1/s1. The van der Waals surface area contributed by atoms with E-state index in [1.54, 1.807) is 0 Å². The van der Waals surface area contributed by atoms with Crippen LogP contribution >= 0.6 is 0 Å². The predicted molar refractivity (Wildman–Crippen MR) is 84.8 cm³/mol. The van der Waals surface area contributed by atoms with Gasteiger partial charge in [0.2, 0.25) is 5.91 Å². The smallest absolute Gasteiger partial charge is 0.223 e. The van der Waals surface area contributed by atoms with Gasteiger partial charge in [-0.2, -0.15) is 0 Å². The Hall–Kier alpha value is -0.530. The molecule has 0 aromatic heterocycles. The van der Waals surface area contributed by atoms with Crippen molar-refractivity contribution >= 4 is 5.91 Å². The summed E-state index contributed by atoms with van der Waals surface area (Å²) in [5, 5.41) is 3.47. The minimum Gasteiger partial charge on any atom is -0.353 e. The molecule has 5 saturated carbocycles. The molecule has 1 N–H and O–H groups in total. The molecular weight excluding hydrogens is 258 g/mol. The summed E-state index contributed by atoms with van der Waals surface area (Å²) in [6.45, 7) is 2.31. The van der Waals surface area contributed by atoms with E-state index in [4.69, 9.17) is 0 Å². The molecule has 5 aliphatic carbocycles. The van der Waals surface area contributed by atoms with Gasteiger partial charge in [-0.1, -0.05) is 19.3 Å². The first-order valence-corrected chi connectivity index (χ1v) is 9.45. The maximum absolute atomic E-state index is 12.6. The lowest BCUT2D eigenvalue weighted by Gasteiger charge is -2.59. The lowest BCUT2D eigenvalue weighted by molar-refractivity contribution is -0.130. The average molecular weight is 289 g/mol. The lowest BCUT2D eigenvalue weighted by Crippen LogP contribution is -2.56. The third-order valence-electron chi connectivity index (χ3n) is 7.34. The lowest BCUT2D eigenvalue weighted by atomic mass is 9.48. The van der Waals surface area contributed by atoms with E-state index < -0.39 is 0 Å². The Morgan fingerprint density at radius 3 is 2.00 bits per heavy atom. The van der Waals surface area contributed by atoms with Gasteiger partial charge in [-0.25, -0.2) is 0 Å². The van der Waals surface area contributed by atoms with E-state index >= 15 is 0 Å². The number of carbonyl (C=O) groups excluding carboxylic acids is 1. The van der Waals surface area contributed by atoms with Crippen molar-refractivity contribution in [3.05, 3.63) is 0 Å². The van der Waals surface area contributed by atoms with Crippen LogP contribution in [0.1, 0.15) is 77.6 Å². The van der Waals surface area contributed by atoms with Gasteiger partial charge in [0.15, 0.2) is 0 Å². The molecule has 5 aliphatic rings. The quantitative estimate of drug-likeness (QED) is 0.825. The number of amides is 1. The van der Waals surface area contributed by atoms with E-state index in [1.807, 2.05) is 0 Å². The fourth-order valence-corrected chi connectivity index (χ4v) is 6.56. The topological polar surface area (TPSA) is 29.1 Å². The van der Waals surface area contributed by atoms with Crippen molar-refractivity contribution in [3.63, 3.8) is 0 Å². The highest BCUT2D eigenvalue weighted by atomic mass is 16.1. The Bertz CT molecular complexity index is 375. The van der Waals surface area contributed by atoms with Crippen molar-refractivity contribution in [1.29, 1.82) is 0 Å². The Balaban J connectivity index is 1.42. The van der Waals surface area contributed by atoms with Crippen LogP contribution < -0.4 is 5.32 Å². The van der Waals surface area contributed by atoms with Crippen LogP contribution in [0.3, 0.4) is 0 Å². The molecule has 0 spiro atoms. The molecule has 5 rings (SSSR count). The van der Waals surface area contributed by atoms with Crippen molar-refractivity contribution < 1.29 is 4.79 Å². The summed E-state index contributed by atoms with van der Waals surface area (Å²) in [5.41, 5.74) is 0.457. The van der Waals surface area contributed by atoms with Crippen LogP contribution in [-0.4, -0.2) is 11.9 Å². The first-order chi connectivity index (χ1) is 10.1. The molecule has 118 valence electrons. The summed E-state index contributed by atoms with van der Waals surface area (Å²) in [6, 6.07) is 0.403. The predicted octanol–water partition coefficient (Wildman–Crippen LogP) is 4.29. The molecule has 0 saturated heterocycles. The minimum absolute atomic E-state index is 0.315. The molecule has 21 heavy (non-hydrogen) atoms. The monoisotopic (exact) mass is 289 g/mol. The summed E-state index contributed by atoms with van der Waals surface area (Å²) >= 11 is 0. The van der Waals surface area contributed by atoms with Crippen molar-refractivity contribution in [3.8, 4) is 0 Å². The second-order valence-corrected chi connectivity index (χ2v) is 8.85. The first-order valence-electron chi connectivity index (χ1n) is 9.45. The van der Waals surface area contributed by atoms with Crippen LogP contribution in [0.15, 0.2) is 0 Å². The molecule has 1 atom stereocenters. The maximum atomic E-state index is 12.6. The normalized spacial score (nSPS) is 43.8. The number of nitrogens with one attached hydrogen (secondary N) is 1. The second-order valence-electron chi connectivity index (χ2n) is 8.85. The van der Waals surface area contributed by atoms with Crippen LogP contribution in [0.4, 0.5) is 0 Å². The Morgan fingerprint density at radius 2 is 1.48 bits per heavy atom. The van der Waals surface area contributed by atoms with Crippen molar-refractivity contribution in [2.24, 2.45) is 29.1 Å². The fraction of sp³-hybridized carbons (Fsp3) is 0.947. The Morgan fingerprint density at radius 1 is 0.952 bits per heavy atom. The highest BCUT2D eigenvalue weighted by molar-refractivity contribution is 5.79. The minimum atomic E-state index is 0.315. The zero-order valence-electron chi connectivity index (χ0n) is 13.6. The van der Waals surface area contributed by atoms with Gasteiger partial charge in [-0.15, -0.1) is 0 Å². The molecule has 0 aromatic rings. The molecule has 4 bridgehead atoms. The summed E-state index contributed by atoms with van der Waals surface area (Å²) in [6.07, 6.45) is 14.7. The number of hydrogen-bond donors (Lipinski definition) is 1. The van der Waals surface area contributed by atoms with Crippen molar-refractivity contribution in [1.82, 2.24) is 5.32 Å². The van der Waals surface area contributed by atoms with E-state index in [-0.39, 0.29) is 0 Å². The highest BCUT2D eigenvalue weighted by Crippen LogP contribution is 2.61. The number of rotatable bonds is 3. The molecule has 0 radical (unpaired) electrons. The summed E-state index contributed by atoms with van der Waals surface area (Å²) in [4.78, 5) is 12.6. The van der Waals surface area contributed by atoms with Crippen LogP contribution in [0, 0.1) is 29.1 Å². The fourth-order valence-electron chi connectivity index (χ4n) is 6.56. The number of carbonyl (C=O) groups is 1. The van der Waals surface area contributed by atoms with Gasteiger partial charge >= 0.3 is 0 Å². The molecule has 0 aromatic carbocycles. The van der Waals surface area contributed by atoms with Gasteiger partial charge in [0.05, 0.1) is 0 Å². The van der Waals surface area contributed by atoms with Crippen molar-refractivity contribution in [2.75, 3.05) is 0 Å². The third kappa shape index (κ3) is 2.53. The Labute approximate surface area is 129 Å². The summed E-state index contributed by atoms with van der Waals surface area (Å²) < 4.78 is 0. The summed E-state index contributed by atoms with van der Waals surface area (Å²) in [5.74, 6) is 3.62. The van der Waals surface area contributed by atoms with E-state index in [0.717, 1.165) is 30.6 Å². The maximum Gasteiger partial charge on any atom is 0.223 e. The zero-order valence-corrected chi connectivity index (χ0v) is 13.6.